The van der Waals surface area contributed by atoms with Gasteiger partial charge in [0.05, 0.1) is 14.1 Å². The van der Waals surface area contributed by atoms with Gasteiger partial charge in [0.25, 0.3) is 5.56 Å². The normalized spacial score (nSPS) is 25.6. The average Bonchev–Trinajstić information content (AvgIpc) is 3.11. The number of carbonyl (C=O) groups excluding carboxylic acids is 1. The molecule has 1 aromatic heterocycles. The van der Waals surface area contributed by atoms with Crippen LogP contribution >= 0.6 is 7.75 Å². The highest BCUT2D eigenvalue weighted by Gasteiger charge is 2.56. The standard InChI is InChI=1S/C21H27N6O10P/c1-12(2)35-19(31)13(3)24-38(33,37-14-7-5-4-6-8-14)34-11-21(25-26-22)17(30)16(29)18(36-21)27-10-9-15(28)23-20(27)32/h4-10,12-13,16-18,29-30H,11H2,1-3H3,(H,24,33)(H,23,28,32)/t13-,16+,17-,18+,21+,38-/m0/s1/i9D. The highest BCUT2D eigenvalue weighted by atomic mass is 31.2. The van der Waals surface area contributed by atoms with Crippen molar-refractivity contribution in [1.82, 2.24) is 14.6 Å². The van der Waals surface area contributed by atoms with Crippen LogP contribution in [0.2, 0.25) is 0 Å². The molecule has 0 radical (unpaired) electrons. The molecule has 1 fully saturated rings. The van der Waals surface area contributed by atoms with E-state index in [1.54, 1.807) is 32.0 Å². The molecule has 3 rings (SSSR count). The van der Waals surface area contributed by atoms with Crippen LogP contribution in [0.25, 0.3) is 10.4 Å². The monoisotopic (exact) mass is 555 g/mol. The number of carbonyl (C=O) groups is 1. The Morgan fingerprint density at radius 2 is 2.05 bits per heavy atom. The van der Waals surface area contributed by atoms with E-state index in [1.165, 1.54) is 19.1 Å². The molecule has 206 valence electrons. The fraction of sp³-hybridized carbons (Fsp3) is 0.476. The minimum atomic E-state index is -4.53. The number of para-hydroxylation sites is 1. The first-order valence-electron chi connectivity index (χ1n) is 11.7. The number of esters is 1. The number of nitrogens with one attached hydrogen (secondary N) is 2. The van der Waals surface area contributed by atoms with E-state index in [-0.39, 0.29) is 5.75 Å². The number of aromatic amines is 1. The summed E-state index contributed by atoms with van der Waals surface area (Å²) in [5.41, 5.74) is 4.58. The summed E-state index contributed by atoms with van der Waals surface area (Å²) in [5, 5.41) is 27.2. The van der Waals surface area contributed by atoms with Crippen LogP contribution in [0.5, 0.6) is 5.75 Å². The molecule has 1 saturated heterocycles. The van der Waals surface area contributed by atoms with Gasteiger partial charge >= 0.3 is 19.4 Å². The number of azide groups is 1. The molecule has 16 nitrogen and oxygen atoms in total. The summed E-state index contributed by atoms with van der Waals surface area (Å²) < 4.78 is 43.5. The molecule has 17 heteroatoms. The van der Waals surface area contributed by atoms with Crippen LogP contribution in [0.4, 0.5) is 0 Å². The van der Waals surface area contributed by atoms with Gasteiger partial charge in [-0.25, -0.2) is 9.36 Å². The highest BCUT2D eigenvalue weighted by molar-refractivity contribution is 7.52. The fourth-order valence-electron chi connectivity index (χ4n) is 3.38. The van der Waals surface area contributed by atoms with E-state index < -0.39 is 73.9 Å². The average molecular weight is 555 g/mol. The maximum Gasteiger partial charge on any atom is 0.459 e. The number of aliphatic hydroxyl groups excluding tert-OH is 2. The third kappa shape index (κ3) is 6.68. The molecule has 0 spiro atoms. The maximum absolute atomic E-state index is 13.7. The second kappa shape index (κ2) is 11.9. The van der Waals surface area contributed by atoms with Crippen LogP contribution in [-0.4, -0.2) is 62.4 Å². The first-order valence-corrected chi connectivity index (χ1v) is 12.7. The summed E-state index contributed by atoms with van der Waals surface area (Å²) in [6.45, 7) is 3.55. The van der Waals surface area contributed by atoms with Crippen LogP contribution in [0.3, 0.4) is 0 Å². The highest BCUT2D eigenvalue weighted by Crippen LogP contribution is 2.48. The second-order valence-corrected chi connectivity index (χ2v) is 10.1. The predicted molar refractivity (Wildman–Crippen MR) is 130 cm³/mol. The van der Waals surface area contributed by atoms with Gasteiger partial charge in [0.1, 0.15) is 24.0 Å². The molecule has 0 bridgehead atoms. The number of benzene rings is 1. The molecule has 1 aliphatic heterocycles. The summed E-state index contributed by atoms with van der Waals surface area (Å²) in [7, 11) is -4.53. The molecule has 38 heavy (non-hydrogen) atoms. The minimum Gasteiger partial charge on any atom is -0.462 e. The largest absolute Gasteiger partial charge is 0.462 e. The third-order valence-electron chi connectivity index (χ3n) is 5.15. The summed E-state index contributed by atoms with van der Waals surface area (Å²) in [6.07, 6.45) is -5.48. The Morgan fingerprint density at radius 1 is 1.37 bits per heavy atom. The number of hydrogen-bond donors (Lipinski definition) is 4. The number of nitrogens with zero attached hydrogens (tertiary/aromatic N) is 4. The lowest BCUT2D eigenvalue weighted by atomic mass is 10.1. The Morgan fingerprint density at radius 3 is 2.68 bits per heavy atom. The van der Waals surface area contributed by atoms with Crippen LogP contribution in [0.15, 0.2) is 57.3 Å². The van der Waals surface area contributed by atoms with Crippen molar-refractivity contribution in [2.45, 2.75) is 57.1 Å². The van der Waals surface area contributed by atoms with E-state index in [0.29, 0.717) is 4.57 Å². The molecule has 0 aliphatic carbocycles. The molecule has 2 aromatic rings. The minimum absolute atomic E-state index is 0.0594. The summed E-state index contributed by atoms with van der Waals surface area (Å²) in [4.78, 5) is 40.6. The second-order valence-electron chi connectivity index (χ2n) is 8.43. The van der Waals surface area contributed by atoms with Gasteiger partial charge in [-0.05, 0) is 38.4 Å². The van der Waals surface area contributed by atoms with Crippen molar-refractivity contribution >= 4 is 13.7 Å². The van der Waals surface area contributed by atoms with Crippen molar-refractivity contribution < 1.29 is 39.5 Å². The zero-order chi connectivity index (χ0) is 29.0. The van der Waals surface area contributed by atoms with Gasteiger partial charge in [-0.2, -0.15) is 5.09 Å². The molecule has 4 N–H and O–H groups in total. The zero-order valence-corrected chi connectivity index (χ0v) is 21.3. The SMILES string of the molecule is [2H]c1cn([C@@H]2O[C@@](CO[P@@](=O)(N[C@@H](C)C(=O)OC(C)C)Oc3ccccc3)(N=[N+]=[N-])[C@@H](O)[C@H]2O)c(=O)[nH]c1=O. The first kappa shape index (κ1) is 27.5. The number of hydrogen-bond acceptors (Lipinski definition) is 11. The van der Waals surface area contributed by atoms with Gasteiger partial charge < -0.3 is 24.2 Å². The van der Waals surface area contributed by atoms with Gasteiger partial charge in [0.15, 0.2) is 6.23 Å². The predicted octanol–water partition coefficient (Wildman–Crippen LogP) is 0.927. The van der Waals surface area contributed by atoms with Gasteiger partial charge in [0.2, 0.25) is 5.72 Å². The molecule has 1 aliphatic rings. The first-order chi connectivity index (χ1) is 18.3. The van der Waals surface area contributed by atoms with E-state index >= 15 is 0 Å². The Kier molecular flexibility index (Phi) is 8.64. The molecule has 6 atom stereocenters. The van der Waals surface area contributed by atoms with Crippen molar-refractivity contribution in [3.05, 3.63) is 73.9 Å². The van der Waals surface area contributed by atoms with Gasteiger partial charge in [0, 0.05) is 17.2 Å². The number of aliphatic hydroxyl groups is 2. The lowest BCUT2D eigenvalue weighted by molar-refractivity contribution is -0.149. The van der Waals surface area contributed by atoms with Gasteiger partial charge in [-0.3, -0.25) is 23.7 Å². The van der Waals surface area contributed by atoms with E-state index in [0.717, 1.165) is 6.20 Å². The van der Waals surface area contributed by atoms with Crippen LogP contribution in [0, 0.1) is 0 Å². The molecule has 0 unspecified atom stereocenters. The van der Waals surface area contributed by atoms with E-state index in [1.807, 2.05) is 4.98 Å². The van der Waals surface area contributed by atoms with E-state index in [9.17, 15) is 29.2 Å². The van der Waals surface area contributed by atoms with E-state index in [4.69, 9.17) is 25.4 Å². The summed E-state index contributed by atoms with van der Waals surface area (Å²) >= 11 is 0. The molecule has 1 aromatic carbocycles. The lowest BCUT2D eigenvalue weighted by Gasteiger charge is -2.29. The van der Waals surface area contributed by atoms with Crippen molar-refractivity contribution in [3.63, 3.8) is 0 Å². The van der Waals surface area contributed by atoms with Crippen molar-refractivity contribution in [2.75, 3.05) is 6.61 Å². The van der Waals surface area contributed by atoms with Crippen molar-refractivity contribution in [2.24, 2.45) is 5.11 Å². The van der Waals surface area contributed by atoms with Crippen molar-refractivity contribution in [3.8, 4) is 5.75 Å². The lowest BCUT2D eigenvalue weighted by Crippen LogP contribution is -2.46. The Labute approximate surface area is 216 Å². The molecule has 0 saturated carbocycles. The third-order valence-corrected chi connectivity index (χ3v) is 6.77. The topological polar surface area (TPSA) is 227 Å². The van der Waals surface area contributed by atoms with Crippen LogP contribution in [0.1, 0.15) is 28.4 Å². The summed E-state index contributed by atoms with van der Waals surface area (Å²) in [6, 6.07) is 5.82. The zero-order valence-electron chi connectivity index (χ0n) is 21.5. The van der Waals surface area contributed by atoms with Crippen LogP contribution in [-0.2, 0) is 23.4 Å². The summed E-state index contributed by atoms with van der Waals surface area (Å²) in [5.74, 6) is -0.726. The van der Waals surface area contributed by atoms with E-state index in [2.05, 4.69) is 15.1 Å². The molecule has 0 amide bonds. The quantitative estimate of drug-likeness (QED) is 0.100. The smallest absolute Gasteiger partial charge is 0.459 e. The number of H-pyrrole nitrogens is 1. The molecule has 2 heterocycles. The number of aromatic nitrogens is 2. The fourth-order valence-corrected chi connectivity index (χ4v) is 4.90. The molecular formula is C21H27N6O10P. The Bertz CT molecular complexity index is 1400. The van der Waals surface area contributed by atoms with Crippen molar-refractivity contribution in [1.29, 1.82) is 0 Å². The number of rotatable bonds is 11. The van der Waals surface area contributed by atoms with Crippen LogP contribution < -0.4 is 20.9 Å². The Balaban J connectivity index is 1.93. The van der Waals surface area contributed by atoms with Gasteiger partial charge in [-0.1, -0.05) is 23.3 Å². The molecular weight excluding hydrogens is 527 g/mol. The number of ether oxygens (including phenoxy) is 2. The Hall–Kier alpha value is -3.49. The van der Waals surface area contributed by atoms with Gasteiger partial charge in [-0.15, -0.1) is 0 Å². The maximum atomic E-state index is 13.7.